The first kappa shape index (κ1) is 14.7. The maximum Gasteiger partial charge on any atom is 0.344 e. The van der Waals surface area contributed by atoms with Gasteiger partial charge in [-0.05, 0) is 50.7 Å². The number of rotatable bonds is 4. The summed E-state index contributed by atoms with van der Waals surface area (Å²) in [5.74, 6) is 0.860. The summed E-state index contributed by atoms with van der Waals surface area (Å²) >= 11 is 0. The first-order valence-electron chi connectivity index (χ1n) is 7.34. The minimum atomic E-state index is -0.369. The smallest absolute Gasteiger partial charge is 0.344 e. The molecule has 0 amide bonds. The Kier molecular flexibility index (Phi) is 4.88. The van der Waals surface area contributed by atoms with Crippen LogP contribution < -0.4 is 10.5 Å². The van der Waals surface area contributed by atoms with Gasteiger partial charge in [-0.15, -0.1) is 0 Å². The highest BCUT2D eigenvalue weighted by Crippen LogP contribution is 2.29. The van der Waals surface area contributed by atoms with Crippen LogP contribution in [-0.2, 0) is 4.74 Å². The van der Waals surface area contributed by atoms with E-state index in [0.717, 1.165) is 31.6 Å². The molecular formula is C16H23NO3. The van der Waals surface area contributed by atoms with Crippen LogP contribution in [0.15, 0.2) is 18.2 Å². The predicted octanol–water partition coefficient (Wildman–Crippen LogP) is 3.40. The summed E-state index contributed by atoms with van der Waals surface area (Å²) in [6.45, 7) is 4.60. The summed E-state index contributed by atoms with van der Waals surface area (Å²) in [7, 11) is 0. The lowest BCUT2D eigenvalue weighted by atomic mass is 9.89. The minimum absolute atomic E-state index is 0.00721. The van der Waals surface area contributed by atoms with Gasteiger partial charge in [0.05, 0.1) is 6.61 Å². The molecule has 20 heavy (non-hydrogen) atoms. The number of carbonyl (C=O) groups is 1. The van der Waals surface area contributed by atoms with E-state index in [0.29, 0.717) is 23.6 Å². The molecule has 0 unspecified atom stereocenters. The Morgan fingerprint density at radius 3 is 2.65 bits per heavy atom. The number of carbonyl (C=O) groups excluding carboxylic acids is 1. The SMILES string of the molecule is CCOc1cccc(N)c1C(=O)OC1CCC(C)CC1. The largest absolute Gasteiger partial charge is 0.493 e. The summed E-state index contributed by atoms with van der Waals surface area (Å²) in [6.07, 6.45) is 4.10. The quantitative estimate of drug-likeness (QED) is 0.676. The van der Waals surface area contributed by atoms with Gasteiger partial charge in [-0.2, -0.15) is 0 Å². The third kappa shape index (κ3) is 3.44. The average molecular weight is 277 g/mol. The van der Waals surface area contributed by atoms with Gasteiger partial charge >= 0.3 is 5.97 Å². The standard InChI is InChI=1S/C16H23NO3/c1-3-19-14-6-4-5-13(17)15(14)16(18)20-12-9-7-11(2)8-10-12/h4-6,11-12H,3,7-10,17H2,1-2H3. The second-order valence-electron chi connectivity index (χ2n) is 5.44. The molecule has 1 aromatic rings. The normalized spacial score (nSPS) is 22.3. The summed E-state index contributed by atoms with van der Waals surface area (Å²) < 4.78 is 11.1. The maximum absolute atomic E-state index is 12.3. The first-order valence-corrected chi connectivity index (χ1v) is 7.34. The van der Waals surface area contributed by atoms with Crippen LogP contribution in [0.3, 0.4) is 0 Å². The van der Waals surface area contributed by atoms with Crippen LogP contribution in [0.2, 0.25) is 0 Å². The molecule has 110 valence electrons. The second kappa shape index (κ2) is 6.64. The topological polar surface area (TPSA) is 61.5 Å². The molecule has 0 radical (unpaired) electrons. The number of hydrogen-bond donors (Lipinski definition) is 1. The van der Waals surface area contributed by atoms with Gasteiger partial charge in [0.15, 0.2) is 0 Å². The Balaban J connectivity index is 2.08. The van der Waals surface area contributed by atoms with Crippen LogP contribution >= 0.6 is 0 Å². The molecule has 2 rings (SSSR count). The van der Waals surface area contributed by atoms with Crippen molar-refractivity contribution in [3.8, 4) is 5.75 Å². The maximum atomic E-state index is 12.3. The van der Waals surface area contributed by atoms with Gasteiger partial charge in [-0.3, -0.25) is 0 Å². The molecule has 1 fully saturated rings. The van der Waals surface area contributed by atoms with Gasteiger partial charge in [-0.1, -0.05) is 13.0 Å². The molecule has 0 saturated heterocycles. The molecule has 1 aliphatic rings. The van der Waals surface area contributed by atoms with E-state index in [-0.39, 0.29) is 12.1 Å². The molecule has 1 aromatic carbocycles. The third-order valence-corrected chi connectivity index (χ3v) is 3.80. The summed E-state index contributed by atoms with van der Waals surface area (Å²) in [5.41, 5.74) is 6.66. The van der Waals surface area contributed by atoms with E-state index >= 15 is 0 Å². The number of hydrogen-bond acceptors (Lipinski definition) is 4. The fourth-order valence-corrected chi connectivity index (χ4v) is 2.60. The van der Waals surface area contributed by atoms with Crippen LogP contribution in [0.1, 0.15) is 49.9 Å². The predicted molar refractivity (Wildman–Crippen MR) is 78.9 cm³/mol. The molecule has 4 nitrogen and oxygen atoms in total. The lowest BCUT2D eigenvalue weighted by molar-refractivity contribution is 0.0171. The highest BCUT2D eigenvalue weighted by atomic mass is 16.5. The Morgan fingerprint density at radius 2 is 2.00 bits per heavy atom. The van der Waals surface area contributed by atoms with Crippen molar-refractivity contribution in [2.24, 2.45) is 5.92 Å². The Labute approximate surface area is 120 Å². The van der Waals surface area contributed by atoms with Crippen molar-refractivity contribution in [3.05, 3.63) is 23.8 Å². The zero-order valence-corrected chi connectivity index (χ0v) is 12.2. The third-order valence-electron chi connectivity index (χ3n) is 3.80. The van der Waals surface area contributed by atoms with Gasteiger partial charge in [-0.25, -0.2) is 4.79 Å². The summed E-state index contributed by atoms with van der Waals surface area (Å²) in [6, 6.07) is 5.22. The zero-order valence-electron chi connectivity index (χ0n) is 12.2. The molecule has 0 bridgehead atoms. The Bertz CT molecular complexity index is 465. The summed E-state index contributed by atoms with van der Waals surface area (Å²) in [5, 5.41) is 0. The molecule has 0 heterocycles. The number of nitrogens with two attached hydrogens (primary N) is 1. The van der Waals surface area contributed by atoms with Crippen molar-refractivity contribution in [1.82, 2.24) is 0 Å². The lowest BCUT2D eigenvalue weighted by Gasteiger charge is -2.26. The highest BCUT2D eigenvalue weighted by molar-refractivity contribution is 5.98. The van der Waals surface area contributed by atoms with Crippen molar-refractivity contribution in [2.45, 2.75) is 45.6 Å². The van der Waals surface area contributed by atoms with Crippen molar-refractivity contribution >= 4 is 11.7 Å². The van der Waals surface area contributed by atoms with Crippen LogP contribution in [0.25, 0.3) is 0 Å². The fraction of sp³-hybridized carbons (Fsp3) is 0.562. The Hall–Kier alpha value is -1.71. The first-order chi connectivity index (χ1) is 9.61. The molecule has 0 atom stereocenters. The van der Waals surface area contributed by atoms with Gasteiger partial charge in [0.1, 0.15) is 17.4 Å². The average Bonchev–Trinajstić information content (AvgIpc) is 2.42. The molecular weight excluding hydrogens is 254 g/mol. The minimum Gasteiger partial charge on any atom is -0.493 e. The molecule has 1 saturated carbocycles. The Morgan fingerprint density at radius 1 is 1.30 bits per heavy atom. The number of anilines is 1. The van der Waals surface area contributed by atoms with Crippen molar-refractivity contribution < 1.29 is 14.3 Å². The van der Waals surface area contributed by atoms with Crippen LogP contribution in [-0.4, -0.2) is 18.7 Å². The second-order valence-corrected chi connectivity index (χ2v) is 5.44. The summed E-state index contributed by atoms with van der Waals surface area (Å²) in [4.78, 5) is 12.3. The lowest BCUT2D eigenvalue weighted by Crippen LogP contribution is -2.24. The molecule has 0 aromatic heterocycles. The number of benzene rings is 1. The van der Waals surface area contributed by atoms with E-state index in [9.17, 15) is 4.79 Å². The van der Waals surface area contributed by atoms with Crippen LogP contribution in [0, 0.1) is 5.92 Å². The number of nitrogen functional groups attached to an aromatic ring is 1. The van der Waals surface area contributed by atoms with Crippen LogP contribution in [0.4, 0.5) is 5.69 Å². The molecule has 0 spiro atoms. The van der Waals surface area contributed by atoms with E-state index in [2.05, 4.69) is 6.92 Å². The molecule has 2 N–H and O–H groups in total. The van der Waals surface area contributed by atoms with E-state index < -0.39 is 0 Å². The van der Waals surface area contributed by atoms with Gasteiger partial charge in [0.2, 0.25) is 0 Å². The fourth-order valence-electron chi connectivity index (χ4n) is 2.60. The van der Waals surface area contributed by atoms with E-state index in [4.69, 9.17) is 15.2 Å². The monoisotopic (exact) mass is 277 g/mol. The van der Waals surface area contributed by atoms with E-state index in [1.165, 1.54) is 0 Å². The molecule has 1 aliphatic carbocycles. The number of esters is 1. The van der Waals surface area contributed by atoms with Gasteiger partial charge < -0.3 is 15.2 Å². The van der Waals surface area contributed by atoms with Crippen LogP contribution in [0.5, 0.6) is 5.75 Å². The van der Waals surface area contributed by atoms with Crippen molar-refractivity contribution in [1.29, 1.82) is 0 Å². The van der Waals surface area contributed by atoms with Gasteiger partial charge in [0.25, 0.3) is 0 Å². The van der Waals surface area contributed by atoms with E-state index in [1.54, 1.807) is 18.2 Å². The van der Waals surface area contributed by atoms with E-state index in [1.807, 2.05) is 6.92 Å². The van der Waals surface area contributed by atoms with Gasteiger partial charge in [0, 0.05) is 5.69 Å². The van der Waals surface area contributed by atoms with Crippen molar-refractivity contribution in [2.75, 3.05) is 12.3 Å². The number of ether oxygens (including phenoxy) is 2. The zero-order chi connectivity index (χ0) is 14.5. The molecule has 4 heteroatoms. The highest BCUT2D eigenvalue weighted by Gasteiger charge is 2.25. The van der Waals surface area contributed by atoms with Crippen molar-refractivity contribution in [3.63, 3.8) is 0 Å². The molecule has 0 aliphatic heterocycles.